The molecule has 1 saturated heterocycles. The second kappa shape index (κ2) is 8.03. The zero-order valence-electron chi connectivity index (χ0n) is 17.5. The summed E-state index contributed by atoms with van der Waals surface area (Å²) in [6, 6.07) is 6.06. The van der Waals surface area contributed by atoms with E-state index in [1.54, 1.807) is 6.92 Å². The molecule has 5 rings (SSSR count). The van der Waals surface area contributed by atoms with Crippen LogP contribution in [-0.4, -0.2) is 65.6 Å². The molecule has 2 aromatic heterocycles. The van der Waals surface area contributed by atoms with Gasteiger partial charge in [0.1, 0.15) is 11.2 Å². The zero-order chi connectivity index (χ0) is 21.4. The van der Waals surface area contributed by atoms with E-state index in [4.69, 9.17) is 18.7 Å². The van der Waals surface area contributed by atoms with Gasteiger partial charge < -0.3 is 23.6 Å². The Morgan fingerprint density at radius 2 is 1.94 bits per heavy atom. The summed E-state index contributed by atoms with van der Waals surface area (Å²) in [5.41, 5.74) is 2.18. The van der Waals surface area contributed by atoms with Crippen LogP contribution in [0.4, 0.5) is 5.82 Å². The average Bonchev–Trinajstić information content (AvgIpc) is 3.40. The van der Waals surface area contributed by atoms with E-state index in [0.717, 1.165) is 49.6 Å². The predicted octanol–water partition coefficient (Wildman–Crippen LogP) is 2.15. The van der Waals surface area contributed by atoms with Crippen molar-refractivity contribution in [2.75, 3.05) is 44.5 Å². The van der Waals surface area contributed by atoms with Crippen molar-refractivity contribution in [3.63, 3.8) is 0 Å². The van der Waals surface area contributed by atoms with Crippen molar-refractivity contribution in [2.24, 2.45) is 0 Å². The molecule has 0 spiro atoms. The van der Waals surface area contributed by atoms with E-state index in [0.29, 0.717) is 17.2 Å². The van der Waals surface area contributed by atoms with Crippen molar-refractivity contribution in [3.05, 3.63) is 35.3 Å². The standard InChI is InChI=1S/C21H23N5O5/c1-3-28-21(27)18-22-19(17-13(2)24-31-20(17)23-18)26-8-6-25(7-9-26)11-14-4-5-15-16(10-14)30-12-29-15/h4-5,10H,3,6-9,11-12H2,1-2H3. The van der Waals surface area contributed by atoms with Gasteiger partial charge in [0.15, 0.2) is 11.5 Å². The number of aryl methyl sites for hydroxylation is 1. The number of rotatable bonds is 5. The van der Waals surface area contributed by atoms with Gasteiger partial charge in [0, 0.05) is 32.7 Å². The Morgan fingerprint density at radius 3 is 2.74 bits per heavy atom. The number of nitrogens with zero attached hydrogens (tertiary/aromatic N) is 5. The van der Waals surface area contributed by atoms with Crippen LogP contribution >= 0.6 is 0 Å². The number of esters is 1. The van der Waals surface area contributed by atoms with E-state index >= 15 is 0 Å². The quantitative estimate of drug-likeness (QED) is 0.565. The number of piperazine rings is 1. The molecular weight excluding hydrogens is 402 g/mol. The molecule has 31 heavy (non-hydrogen) atoms. The molecule has 162 valence electrons. The minimum atomic E-state index is -0.568. The first kappa shape index (κ1) is 19.6. The highest BCUT2D eigenvalue weighted by Crippen LogP contribution is 2.33. The lowest BCUT2D eigenvalue weighted by atomic mass is 10.1. The molecule has 0 aliphatic carbocycles. The van der Waals surface area contributed by atoms with Crippen LogP contribution in [-0.2, 0) is 11.3 Å². The lowest BCUT2D eigenvalue weighted by Crippen LogP contribution is -2.46. The molecule has 0 saturated carbocycles. The zero-order valence-corrected chi connectivity index (χ0v) is 17.5. The van der Waals surface area contributed by atoms with Gasteiger partial charge in [-0.25, -0.2) is 9.78 Å². The smallest absolute Gasteiger partial charge is 0.376 e. The Morgan fingerprint density at radius 1 is 1.13 bits per heavy atom. The van der Waals surface area contributed by atoms with E-state index in [9.17, 15) is 4.79 Å². The third-order valence-electron chi connectivity index (χ3n) is 5.46. The average molecular weight is 425 g/mol. The number of fused-ring (bicyclic) bond motifs is 2. The van der Waals surface area contributed by atoms with Crippen molar-refractivity contribution in [1.82, 2.24) is 20.0 Å². The first-order chi connectivity index (χ1) is 15.1. The van der Waals surface area contributed by atoms with E-state index in [1.807, 2.05) is 19.1 Å². The lowest BCUT2D eigenvalue weighted by Gasteiger charge is -2.35. The van der Waals surface area contributed by atoms with Gasteiger partial charge >= 0.3 is 5.97 Å². The van der Waals surface area contributed by atoms with Crippen molar-refractivity contribution in [2.45, 2.75) is 20.4 Å². The minimum Gasteiger partial charge on any atom is -0.460 e. The van der Waals surface area contributed by atoms with Crippen LogP contribution in [0.2, 0.25) is 0 Å². The summed E-state index contributed by atoms with van der Waals surface area (Å²) in [5, 5.41) is 4.74. The van der Waals surface area contributed by atoms with Gasteiger partial charge in [-0.2, -0.15) is 4.98 Å². The van der Waals surface area contributed by atoms with Crippen molar-refractivity contribution < 1.29 is 23.5 Å². The number of hydrogen-bond acceptors (Lipinski definition) is 10. The molecule has 0 N–H and O–H groups in total. The van der Waals surface area contributed by atoms with Gasteiger partial charge in [0.25, 0.3) is 5.71 Å². The molecular formula is C21H23N5O5. The number of carbonyl (C=O) groups excluding carboxylic acids is 1. The number of hydrogen-bond donors (Lipinski definition) is 0. The molecule has 2 aliphatic rings. The third kappa shape index (κ3) is 3.74. The Hall–Kier alpha value is -3.40. The predicted molar refractivity (Wildman–Crippen MR) is 110 cm³/mol. The van der Waals surface area contributed by atoms with Crippen molar-refractivity contribution >= 4 is 22.9 Å². The van der Waals surface area contributed by atoms with Crippen LogP contribution in [0, 0.1) is 6.92 Å². The number of carbonyl (C=O) groups is 1. The summed E-state index contributed by atoms with van der Waals surface area (Å²) in [6.45, 7) is 8.15. The summed E-state index contributed by atoms with van der Waals surface area (Å²) in [6.07, 6.45) is 0. The lowest BCUT2D eigenvalue weighted by molar-refractivity contribution is 0.0512. The van der Waals surface area contributed by atoms with Gasteiger partial charge in [-0.3, -0.25) is 4.90 Å². The Balaban J connectivity index is 1.33. The summed E-state index contributed by atoms with van der Waals surface area (Å²) >= 11 is 0. The van der Waals surface area contributed by atoms with E-state index in [2.05, 4.69) is 31.0 Å². The summed E-state index contributed by atoms with van der Waals surface area (Å²) in [7, 11) is 0. The van der Waals surface area contributed by atoms with Crippen LogP contribution in [0.1, 0.15) is 28.8 Å². The molecule has 0 bridgehead atoms. The fraction of sp³-hybridized carbons (Fsp3) is 0.429. The Bertz CT molecular complexity index is 1120. The maximum atomic E-state index is 12.2. The second-order valence-corrected chi connectivity index (χ2v) is 7.49. The third-order valence-corrected chi connectivity index (χ3v) is 5.46. The Labute approximate surface area is 178 Å². The highest BCUT2D eigenvalue weighted by Gasteiger charge is 2.26. The van der Waals surface area contributed by atoms with Gasteiger partial charge in [-0.15, -0.1) is 0 Å². The fourth-order valence-corrected chi connectivity index (χ4v) is 3.90. The van der Waals surface area contributed by atoms with Crippen LogP contribution in [0.5, 0.6) is 11.5 Å². The van der Waals surface area contributed by atoms with Crippen LogP contribution in [0.15, 0.2) is 22.7 Å². The van der Waals surface area contributed by atoms with Gasteiger partial charge in [-0.1, -0.05) is 11.2 Å². The molecule has 0 radical (unpaired) electrons. The maximum absolute atomic E-state index is 12.2. The number of ether oxygens (including phenoxy) is 3. The highest BCUT2D eigenvalue weighted by atomic mass is 16.7. The molecule has 1 aromatic carbocycles. The van der Waals surface area contributed by atoms with E-state index < -0.39 is 5.97 Å². The SMILES string of the molecule is CCOC(=O)c1nc(N2CCN(Cc3ccc4c(c3)OCO4)CC2)c2c(C)noc2n1. The number of aromatic nitrogens is 3. The molecule has 10 heteroatoms. The molecule has 1 fully saturated rings. The van der Waals surface area contributed by atoms with Crippen LogP contribution in [0.25, 0.3) is 11.1 Å². The minimum absolute atomic E-state index is 0.0108. The van der Waals surface area contributed by atoms with Crippen molar-refractivity contribution in [3.8, 4) is 11.5 Å². The monoisotopic (exact) mass is 425 g/mol. The fourth-order valence-electron chi connectivity index (χ4n) is 3.90. The largest absolute Gasteiger partial charge is 0.460 e. The molecule has 3 aromatic rings. The maximum Gasteiger partial charge on any atom is 0.376 e. The van der Waals surface area contributed by atoms with Gasteiger partial charge in [0.2, 0.25) is 12.6 Å². The topological polar surface area (TPSA) is 103 Å². The first-order valence-corrected chi connectivity index (χ1v) is 10.3. The Kier molecular flexibility index (Phi) is 5.06. The summed E-state index contributed by atoms with van der Waals surface area (Å²) in [5.74, 6) is 1.68. The number of benzene rings is 1. The highest BCUT2D eigenvalue weighted by molar-refractivity contribution is 5.93. The molecule has 0 atom stereocenters. The number of anilines is 1. The molecule has 4 heterocycles. The molecule has 10 nitrogen and oxygen atoms in total. The van der Waals surface area contributed by atoms with E-state index in [1.165, 1.54) is 5.56 Å². The van der Waals surface area contributed by atoms with Gasteiger partial charge in [-0.05, 0) is 31.5 Å². The molecule has 2 aliphatic heterocycles. The van der Waals surface area contributed by atoms with Crippen LogP contribution < -0.4 is 14.4 Å². The summed E-state index contributed by atoms with van der Waals surface area (Å²) < 4.78 is 21.3. The van der Waals surface area contributed by atoms with Gasteiger partial charge in [0.05, 0.1) is 12.3 Å². The first-order valence-electron chi connectivity index (χ1n) is 10.3. The summed E-state index contributed by atoms with van der Waals surface area (Å²) in [4.78, 5) is 25.4. The normalized spacial score (nSPS) is 16.1. The van der Waals surface area contributed by atoms with Crippen molar-refractivity contribution in [1.29, 1.82) is 0 Å². The van der Waals surface area contributed by atoms with E-state index in [-0.39, 0.29) is 19.2 Å². The molecule has 0 unspecified atom stereocenters. The molecule has 0 amide bonds. The second-order valence-electron chi connectivity index (χ2n) is 7.49. The van der Waals surface area contributed by atoms with Crippen LogP contribution in [0.3, 0.4) is 0 Å².